The van der Waals surface area contributed by atoms with Gasteiger partial charge in [-0.05, 0) is 74.7 Å². The van der Waals surface area contributed by atoms with Crippen LogP contribution in [0, 0.1) is 13.8 Å². The molecule has 2 aromatic carbocycles. The zero-order valence-electron chi connectivity index (χ0n) is 16.4. The first-order valence-electron chi connectivity index (χ1n) is 9.10. The van der Waals surface area contributed by atoms with E-state index in [9.17, 15) is 9.59 Å². The number of hydrogen-bond donors (Lipinski definition) is 0. The fraction of sp³-hybridized carbons (Fsp3) is 0.217. The summed E-state index contributed by atoms with van der Waals surface area (Å²) in [6.07, 6.45) is 1.69. The molecule has 1 amide bonds. The fourth-order valence-corrected chi connectivity index (χ4v) is 3.42. The molecule has 3 rings (SSSR count). The number of aryl methyl sites for hydroxylation is 2. The van der Waals surface area contributed by atoms with Crippen LogP contribution < -0.4 is 4.90 Å². The van der Waals surface area contributed by atoms with Crippen LogP contribution in [-0.2, 0) is 14.3 Å². The molecule has 144 valence electrons. The van der Waals surface area contributed by atoms with Gasteiger partial charge in [0.05, 0.1) is 17.8 Å². The number of rotatable bonds is 4. The van der Waals surface area contributed by atoms with E-state index in [-0.39, 0.29) is 18.1 Å². The van der Waals surface area contributed by atoms with Gasteiger partial charge in [0, 0.05) is 16.4 Å². The Labute approximate surface area is 170 Å². The number of carbonyl (C=O) groups is 2. The van der Waals surface area contributed by atoms with Crippen molar-refractivity contribution in [3.63, 3.8) is 0 Å². The highest BCUT2D eigenvalue weighted by Gasteiger charge is 2.38. The summed E-state index contributed by atoms with van der Waals surface area (Å²) in [7, 11) is 0. The molecule has 1 aliphatic rings. The number of carbonyl (C=O) groups excluding carboxylic acids is 2. The molecule has 28 heavy (non-hydrogen) atoms. The Balaban J connectivity index is 2.15. The predicted molar refractivity (Wildman–Crippen MR) is 112 cm³/mol. The van der Waals surface area contributed by atoms with Crippen molar-refractivity contribution in [2.24, 2.45) is 0 Å². The van der Waals surface area contributed by atoms with Crippen molar-refractivity contribution in [1.29, 1.82) is 0 Å². The summed E-state index contributed by atoms with van der Waals surface area (Å²) in [5, 5.41) is 0.559. The monoisotopic (exact) mass is 395 g/mol. The number of nitrogens with zero attached hydrogens (tertiary/aromatic N) is 1. The van der Waals surface area contributed by atoms with Crippen molar-refractivity contribution in [2.75, 3.05) is 11.5 Å². The lowest BCUT2D eigenvalue weighted by Gasteiger charge is -2.19. The zero-order valence-corrected chi connectivity index (χ0v) is 17.1. The molecule has 4 nitrogen and oxygen atoms in total. The predicted octanol–water partition coefficient (Wildman–Crippen LogP) is 5.22. The molecule has 0 aliphatic carbocycles. The summed E-state index contributed by atoms with van der Waals surface area (Å²) in [5.74, 6) is -0.767. The average Bonchev–Trinajstić information content (AvgIpc) is 2.88. The van der Waals surface area contributed by atoms with Crippen LogP contribution in [-0.4, -0.2) is 18.5 Å². The molecule has 0 spiro atoms. The highest BCUT2D eigenvalue weighted by molar-refractivity contribution is 6.30. The third kappa shape index (κ3) is 3.73. The van der Waals surface area contributed by atoms with Gasteiger partial charge in [-0.3, -0.25) is 9.69 Å². The first kappa shape index (κ1) is 19.9. The number of hydrogen-bond acceptors (Lipinski definition) is 3. The van der Waals surface area contributed by atoms with Gasteiger partial charge >= 0.3 is 5.97 Å². The summed E-state index contributed by atoms with van der Waals surface area (Å²) in [6, 6.07) is 12.9. The van der Waals surface area contributed by atoms with E-state index in [4.69, 9.17) is 16.3 Å². The molecule has 0 fully saturated rings. The number of allylic oxidation sites excluding steroid dienone is 1. The minimum Gasteiger partial charge on any atom is -0.462 e. The summed E-state index contributed by atoms with van der Waals surface area (Å²) < 4.78 is 5.22. The van der Waals surface area contributed by atoms with Crippen molar-refractivity contribution in [3.8, 4) is 0 Å². The number of ether oxygens (including phenoxy) is 1. The maximum absolute atomic E-state index is 13.3. The quantitative estimate of drug-likeness (QED) is 0.526. The second kappa shape index (κ2) is 8.03. The third-order valence-corrected chi connectivity index (χ3v) is 5.02. The van der Waals surface area contributed by atoms with E-state index in [2.05, 4.69) is 0 Å². The van der Waals surface area contributed by atoms with Gasteiger partial charge in [0.2, 0.25) is 0 Å². The normalized spacial score (nSPS) is 15.5. The molecule has 0 aromatic heterocycles. The van der Waals surface area contributed by atoms with E-state index in [0.29, 0.717) is 16.3 Å². The standard InChI is InChI=1S/C23H22ClNO3/c1-5-28-23(27)21-16(4)25(19-10-9-14(2)15(3)11-19)22(26)20(21)13-17-7-6-8-18(24)12-17/h6-13H,5H2,1-4H3/b20-13-. The number of esters is 1. The van der Waals surface area contributed by atoms with Gasteiger partial charge in [-0.25, -0.2) is 4.79 Å². The molecular formula is C23H22ClNO3. The molecule has 5 heteroatoms. The highest BCUT2D eigenvalue weighted by Crippen LogP contribution is 2.36. The number of amides is 1. The van der Waals surface area contributed by atoms with Crippen LogP contribution in [0.2, 0.25) is 5.02 Å². The van der Waals surface area contributed by atoms with Gasteiger partial charge in [0.1, 0.15) is 0 Å². The van der Waals surface area contributed by atoms with Crippen LogP contribution in [0.25, 0.3) is 6.08 Å². The molecule has 0 saturated carbocycles. The smallest absolute Gasteiger partial charge is 0.340 e. The second-order valence-electron chi connectivity index (χ2n) is 6.70. The molecule has 0 saturated heterocycles. The first-order valence-corrected chi connectivity index (χ1v) is 9.48. The lowest BCUT2D eigenvalue weighted by atomic mass is 10.0. The van der Waals surface area contributed by atoms with Gasteiger partial charge in [0.15, 0.2) is 0 Å². The molecule has 0 N–H and O–H groups in total. The molecule has 2 aromatic rings. The Morgan fingerprint density at radius 3 is 2.50 bits per heavy atom. The topological polar surface area (TPSA) is 46.6 Å². The summed E-state index contributed by atoms with van der Waals surface area (Å²) >= 11 is 6.07. The number of anilines is 1. The molecular weight excluding hydrogens is 374 g/mol. The lowest BCUT2D eigenvalue weighted by Crippen LogP contribution is -2.24. The number of benzene rings is 2. The highest BCUT2D eigenvalue weighted by atomic mass is 35.5. The van der Waals surface area contributed by atoms with Crippen LogP contribution in [0.4, 0.5) is 5.69 Å². The minimum atomic E-state index is -0.507. The van der Waals surface area contributed by atoms with Crippen LogP contribution in [0.15, 0.2) is 59.3 Å². The Bertz CT molecular complexity index is 1020. The Kier molecular flexibility index (Phi) is 5.71. The maximum atomic E-state index is 13.3. The van der Waals surface area contributed by atoms with Gasteiger partial charge in [-0.1, -0.05) is 29.8 Å². The second-order valence-corrected chi connectivity index (χ2v) is 7.14. The largest absolute Gasteiger partial charge is 0.462 e. The Morgan fingerprint density at radius 1 is 1.11 bits per heavy atom. The molecule has 1 heterocycles. The van der Waals surface area contributed by atoms with E-state index >= 15 is 0 Å². The molecule has 0 bridgehead atoms. The number of halogens is 1. The van der Waals surface area contributed by atoms with Crippen molar-refractivity contribution in [2.45, 2.75) is 27.7 Å². The van der Waals surface area contributed by atoms with Crippen molar-refractivity contribution in [1.82, 2.24) is 0 Å². The van der Waals surface area contributed by atoms with E-state index in [1.807, 2.05) is 38.1 Å². The molecule has 0 atom stereocenters. The Hall–Kier alpha value is -2.85. The van der Waals surface area contributed by atoms with Gasteiger partial charge < -0.3 is 4.74 Å². The molecule has 0 unspecified atom stereocenters. The van der Waals surface area contributed by atoms with Gasteiger partial charge in [-0.15, -0.1) is 0 Å². The van der Waals surface area contributed by atoms with E-state index in [1.54, 1.807) is 43.0 Å². The Morgan fingerprint density at radius 2 is 1.86 bits per heavy atom. The molecule has 1 aliphatic heterocycles. The summed E-state index contributed by atoms with van der Waals surface area (Å²) in [5.41, 5.74) is 4.82. The summed E-state index contributed by atoms with van der Waals surface area (Å²) in [4.78, 5) is 27.5. The lowest BCUT2D eigenvalue weighted by molar-refractivity contribution is -0.138. The molecule has 0 radical (unpaired) electrons. The van der Waals surface area contributed by atoms with Crippen molar-refractivity contribution >= 4 is 35.2 Å². The fourth-order valence-electron chi connectivity index (χ4n) is 3.22. The van der Waals surface area contributed by atoms with E-state index < -0.39 is 5.97 Å². The minimum absolute atomic E-state index is 0.234. The third-order valence-electron chi connectivity index (χ3n) is 4.79. The van der Waals surface area contributed by atoms with Crippen LogP contribution in [0.1, 0.15) is 30.5 Å². The van der Waals surface area contributed by atoms with Gasteiger partial charge in [0.25, 0.3) is 5.91 Å². The van der Waals surface area contributed by atoms with E-state index in [1.165, 1.54) is 0 Å². The van der Waals surface area contributed by atoms with Crippen LogP contribution in [0.5, 0.6) is 0 Å². The summed E-state index contributed by atoms with van der Waals surface area (Å²) in [6.45, 7) is 7.75. The van der Waals surface area contributed by atoms with E-state index in [0.717, 1.165) is 22.4 Å². The van der Waals surface area contributed by atoms with Crippen LogP contribution in [0.3, 0.4) is 0 Å². The van der Waals surface area contributed by atoms with Crippen LogP contribution >= 0.6 is 11.6 Å². The maximum Gasteiger partial charge on any atom is 0.340 e. The first-order chi connectivity index (χ1) is 13.3. The van der Waals surface area contributed by atoms with Gasteiger partial charge in [-0.2, -0.15) is 0 Å². The van der Waals surface area contributed by atoms with Crippen molar-refractivity contribution < 1.29 is 14.3 Å². The zero-order chi connectivity index (χ0) is 20.4. The SMILES string of the molecule is CCOC(=O)C1=C(C)N(c2ccc(C)c(C)c2)C(=O)/C1=C\c1cccc(Cl)c1. The van der Waals surface area contributed by atoms with Crippen molar-refractivity contribution in [3.05, 3.63) is 81.0 Å². The average molecular weight is 396 g/mol.